The SMILES string of the molecule is COC(=O)/C=C/c1ccccc1N1CC2CC1C[NH2+]2.[Cl-]. The lowest BCUT2D eigenvalue weighted by Crippen LogP contribution is -3.00. The van der Waals surface area contributed by atoms with E-state index in [4.69, 9.17) is 0 Å². The normalized spacial score (nSPS) is 23.9. The van der Waals surface area contributed by atoms with Gasteiger partial charge in [0.25, 0.3) is 0 Å². The fourth-order valence-corrected chi connectivity index (χ4v) is 3.11. The minimum atomic E-state index is -0.314. The van der Waals surface area contributed by atoms with E-state index in [1.165, 1.54) is 31.8 Å². The quantitative estimate of drug-likeness (QED) is 0.491. The zero-order valence-corrected chi connectivity index (χ0v) is 12.2. The molecule has 2 bridgehead atoms. The second-order valence-corrected chi connectivity index (χ2v) is 5.19. The summed E-state index contributed by atoms with van der Waals surface area (Å²) in [6.07, 6.45) is 4.60. The highest BCUT2D eigenvalue weighted by atomic mass is 35.5. The Hall–Kier alpha value is -1.52. The Balaban J connectivity index is 0.00000147. The largest absolute Gasteiger partial charge is 1.00 e. The number of rotatable bonds is 3. The summed E-state index contributed by atoms with van der Waals surface area (Å²) in [7, 11) is 1.40. The number of para-hydroxylation sites is 1. The minimum absolute atomic E-state index is 0. The molecule has 2 fully saturated rings. The van der Waals surface area contributed by atoms with Crippen molar-refractivity contribution in [2.75, 3.05) is 25.1 Å². The van der Waals surface area contributed by atoms with Crippen LogP contribution in [-0.2, 0) is 9.53 Å². The average Bonchev–Trinajstić information content (AvgIpc) is 3.07. The Morgan fingerprint density at radius 3 is 2.90 bits per heavy atom. The lowest BCUT2D eigenvalue weighted by Gasteiger charge is -2.28. The first kappa shape index (κ1) is 14.9. The molecule has 2 unspecified atom stereocenters. The Labute approximate surface area is 125 Å². The average molecular weight is 295 g/mol. The molecule has 2 aliphatic heterocycles. The van der Waals surface area contributed by atoms with Crippen molar-refractivity contribution in [2.45, 2.75) is 18.5 Å². The number of hydrogen-bond donors (Lipinski definition) is 1. The molecule has 2 aliphatic rings. The summed E-state index contributed by atoms with van der Waals surface area (Å²) in [5.74, 6) is -0.314. The Morgan fingerprint density at radius 1 is 1.45 bits per heavy atom. The number of fused-ring (bicyclic) bond motifs is 2. The highest BCUT2D eigenvalue weighted by Crippen LogP contribution is 2.30. The third-order valence-electron chi connectivity index (χ3n) is 4.03. The maximum absolute atomic E-state index is 11.2. The number of hydrogen-bond acceptors (Lipinski definition) is 3. The number of quaternary nitrogens is 1. The second-order valence-electron chi connectivity index (χ2n) is 5.19. The van der Waals surface area contributed by atoms with E-state index in [0.29, 0.717) is 6.04 Å². The molecule has 4 nitrogen and oxygen atoms in total. The summed E-state index contributed by atoms with van der Waals surface area (Å²) in [6, 6.07) is 9.61. The molecule has 0 aromatic heterocycles. The molecule has 108 valence electrons. The predicted molar refractivity (Wildman–Crippen MR) is 73.8 cm³/mol. The zero-order chi connectivity index (χ0) is 13.2. The summed E-state index contributed by atoms with van der Waals surface area (Å²) < 4.78 is 4.64. The number of methoxy groups -OCH3 is 1. The highest BCUT2D eigenvalue weighted by Gasteiger charge is 2.41. The van der Waals surface area contributed by atoms with Crippen molar-refractivity contribution >= 4 is 17.7 Å². The molecule has 5 heteroatoms. The lowest BCUT2D eigenvalue weighted by molar-refractivity contribution is -0.672. The lowest BCUT2D eigenvalue weighted by atomic mass is 10.1. The molecule has 1 aromatic rings. The van der Waals surface area contributed by atoms with Crippen LogP contribution in [-0.4, -0.2) is 38.3 Å². The first-order valence-corrected chi connectivity index (χ1v) is 6.73. The first-order valence-electron chi connectivity index (χ1n) is 6.73. The van der Waals surface area contributed by atoms with Crippen molar-refractivity contribution in [1.82, 2.24) is 0 Å². The van der Waals surface area contributed by atoms with Crippen LogP contribution in [0, 0.1) is 0 Å². The van der Waals surface area contributed by atoms with E-state index in [-0.39, 0.29) is 18.4 Å². The number of carbonyl (C=O) groups is 1. The number of esters is 1. The van der Waals surface area contributed by atoms with Crippen LogP contribution >= 0.6 is 0 Å². The maximum atomic E-state index is 11.2. The Morgan fingerprint density at radius 2 is 2.25 bits per heavy atom. The van der Waals surface area contributed by atoms with E-state index < -0.39 is 0 Å². The number of nitrogens with zero attached hydrogens (tertiary/aromatic N) is 1. The van der Waals surface area contributed by atoms with Crippen LogP contribution in [0.4, 0.5) is 5.69 Å². The molecule has 0 radical (unpaired) electrons. The van der Waals surface area contributed by atoms with Crippen molar-refractivity contribution < 1.29 is 27.3 Å². The fraction of sp³-hybridized carbons (Fsp3) is 0.400. The fourth-order valence-electron chi connectivity index (χ4n) is 3.11. The number of piperazine rings is 1. The van der Waals surface area contributed by atoms with Crippen molar-refractivity contribution in [3.05, 3.63) is 35.9 Å². The van der Waals surface area contributed by atoms with E-state index in [1.807, 2.05) is 18.2 Å². The second kappa shape index (κ2) is 6.29. The maximum Gasteiger partial charge on any atom is 0.330 e. The molecule has 1 aromatic carbocycles. The zero-order valence-electron chi connectivity index (χ0n) is 11.5. The van der Waals surface area contributed by atoms with Crippen LogP contribution in [0.5, 0.6) is 0 Å². The van der Waals surface area contributed by atoms with Gasteiger partial charge in [-0.2, -0.15) is 0 Å². The van der Waals surface area contributed by atoms with Crippen LogP contribution in [0.25, 0.3) is 6.08 Å². The molecule has 20 heavy (non-hydrogen) atoms. The Kier molecular flexibility index (Phi) is 4.68. The number of anilines is 1. The third-order valence-corrected chi connectivity index (χ3v) is 4.03. The molecule has 0 saturated carbocycles. The van der Waals surface area contributed by atoms with Gasteiger partial charge in [0.1, 0.15) is 6.04 Å². The van der Waals surface area contributed by atoms with E-state index in [9.17, 15) is 4.79 Å². The molecule has 3 rings (SSSR count). The number of nitrogens with two attached hydrogens (primary N) is 1. The number of halogens is 1. The van der Waals surface area contributed by atoms with Gasteiger partial charge in [-0.1, -0.05) is 18.2 Å². The summed E-state index contributed by atoms with van der Waals surface area (Å²) in [4.78, 5) is 13.7. The molecule has 0 amide bonds. The van der Waals surface area contributed by atoms with Crippen LogP contribution in [0.15, 0.2) is 30.3 Å². The van der Waals surface area contributed by atoms with Crippen molar-refractivity contribution in [2.24, 2.45) is 0 Å². The molecule has 0 aliphatic carbocycles. The van der Waals surface area contributed by atoms with Crippen molar-refractivity contribution in [3.63, 3.8) is 0 Å². The summed E-state index contributed by atoms with van der Waals surface area (Å²) in [6.45, 7) is 2.29. The van der Waals surface area contributed by atoms with Crippen LogP contribution in [0.3, 0.4) is 0 Å². The standard InChI is InChI=1S/C15H18N2O2.ClH/c1-19-15(18)7-6-11-4-2-3-5-14(11)17-10-12-8-13(17)9-16-12;/h2-7,12-13,16H,8-10H2,1H3;1H/b7-6+;. The molecular formula is C15H19ClN2O2. The van der Waals surface area contributed by atoms with Gasteiger partial charge in [0.05, 0.1) is 26.2 Å². The van der Waals surface area contributed by atoms with E-state index in [1.54, 1.807) is 0 Å². The van der Waals surface area contributed by atoms with Crippen LogP contribution in [0.1, 0.15) is 12.0 Å². The predicted octanol–water partition coefficient (Wildman–Crippen LogP) is -2.60. The molecule has 2 saturated heterocycles. The van der Waals surface area contributed by atoms with Gasteiger partial charge in [0.2, 0.25) is 0 Å². The topological polar surface area (TPSA) is 46.1 Å². The molecule has 2 atom stereocenters. The minimum Gasteiger partial charge on any atom is -1.00 e. The van der Waals surface area contributed by atoms with Gasteiger partial charge in [-0.3, -0.25) is 0 Å². The van der Waals surface area contributed by atoms with Crippen LogP contribution in [0.2, 0.25) is 0 Å². The van der Waals surface area contributed by atoms with Crippen molar-refractivity contribution in [1.29, 1.82) is 0 Å². The van der Waals surface area contributed by atoms with E-state index in [0.717, 1.165) is 18.2 Å². The number of ether oxygens (including phenoxy) is 1. The van der Waals surface area contributed by atoms with Gasteiger partial charge in [0, 0.05) is 18.2 Å². The van der Waals surface area contributed by atoms with Crippen LogP contribution < -0.4 is 22.6 Å². The number of carbonyl (C=O) groups excluding carboxylic acids is 1. The monoisotopic (exact) mass is 294 g/mol. The van der Waals surface area contributed by atoms with Gasteiger partial charge in [-0.15, -0.1) is 0 Å². The summed E-state index contributed by atoms with van der Waals surface area (Å²) >= 11 is 0. The summed E-state index contributed by atoms with van der Waals surface area (Å²) in [5, 5.41) is 2.44. The van der Waals surface area contributed by atoms with Gasteiger partial charge in [-0.25, -0.2) is 4.79 Å². The smallest absolute Gasteiger partial charge is 0.330 e. The first-order chi connectivity index (χ1) is 9.28. The van der Waals surface area contributed by atoms with Crippen molar-refractivity contribution in [3.8, 4) is 0 Å². The van der Waals surface area contributed by atoms with E-state index in [2.05, 4.69) is 27.1 Å². The van der Waals surface area contributed by atoms with E-state index >= 15 is 0 Å². The Bertz CT molecular complexity index is 518. The van der Waals surface area contributed by atoms with Gasteiger partial charge in [0.15, 0.2) is 0 Å². The highest BCUT2D eigenvalue weighted by molar-refractivity contribution is 5.88. The van der Waals surface area contributed by atoms with Gasteiger partial charge < -0.3 is 27.4 Å². The molecule has 2 heterocycles. The molecular weight excluding hydrogens is 276 g/mol. The number of benzene rings is 1. The third kappa shape index (κ3) is 2.81. The van der Waals surface area contributed by atoms with Gasteiger partial charge in [-0.05, 0) is 17.7 Å². The molecule has 0 spiro atoms. The van der Waals surface area contributed by atoms with Gasteiger partial charge >= 0.3 is 5.97 Å². The summed E-state index contributed by atoms with van der Waals surface area (Å²) in [5.41, 5.74) is 2.31. The molecule has 2 N–H and O–H groups in total.